The standard InChI is InChI=1S/C16H36N.C11H16ClNO3S/c1-5-9-13-17(14-10-6-2,15-11-7-3)16-12-8-4;12-10-6-2-3-7-11(10)13-8-4-1-5-9-17(14,15)16/h5-16H2,1-4H3;2-3,6-7,13H,1,4-5,8-9H2,(H,14,15,16)/q+1;/p-1. The lowest BCUT2D eigenvalue weighted by molar-refractivity contribution is -0.929. The van der Waals surface area contributed by atoms with Gasteiger partial charge in [0.05, 0.1) is 47.0 Å². The van der Waals surface area contributed by atoms with Gasteiger partial charge in [0.25, 0.3) is 0 Å². The van der Waals surface area contributed by atoms with Gasteiger partial charge in [-0.15, -0.1) is 0 Å². The predicted molar refractivity (Wildman–Crippen MR) is 148 cm³/mol. The van der Waals surface area contributed by atoms with Crippen LogP contribution >= 0.6 is 11.6 Å². The van der Waals surface area contributed by atoms with Crippen LogP contribution in [0.2, 0.25) is 5.02 Å². The van der Waals surface area contributed by atoms with Gasteiger partial charge in [-0.05, 0) is 50.7 Å². The van der Waals surface area contributed by atoms with Crippen LogP contribution in [0.25, 0.3) is 0 Å². The third kappa shape index (κ3) is 17.6. The minimum atomic E-state index is -4.06. The zero-order chi connectivity index (χ0) is 25.7. The number of halogens is 1. The van der Waals surface area contributed by atoms with Crippen molar-refractivity contribution in [2.75, 3.05) is 43.8 Å². The van der Waals surface area contributed by atoms with Crippen molar-refractivity contribution in [1.29, 1.82) is 0 Å². The fourth-order valence-corrected chi connectivity index (χ4v) is 4.81. The maximum atomic E-state index is 10.3. The first kappa shape index (κ1) is 33.2. The summed E-state index contributed by atoms with van der Waals surface area (Å²) < 4.78 is 32.4. The van der Waals surface area contributed by atoms with Crippen molar-refractivity contribution in [2.24, 2.45) is 0 Å². The molecule has 5 nitrogen and oxygen atoms in total. The lowest BCUT2D eigenvalue weighted by Crippen LogP contribution is -2.50. The third-order valence-electron chi connectivity index (χ3n) is 6.20. The average Bonchev–Trinajstić information content (AvgIpc) is 2.81. The second-order valence-electron chi connectivity index (χ2n) is 9.38. The van der Waals surface area contributed by atoms with Gasteiger partial charge in [-0.2, -0.15) is 0 Å². The Morgan fingerprint density at radius 2 is 1.24 bits per heavy atom. The first-order valence-corrected chi connectivity index (χ1v) is 15.5. The summed E-state index contributed by atoms with van der Waals surface area (Å²) in [4.78, 5) is 0. The van der Waals surface area contributed by atoms with Crippen molar-refractivity contribution in [3.05, 3.63) is 29.3 Å². The van der Waals surface area contributed by atoms with E-state index in [4.69, 9.17) is 11.6 Å². The first-order valence-electron chi connectivity index (χ1n) is 13.5. The molecule has 0 aliphatic carbocycles. The van der Waals surface area contributed by atoms with E-state index in [0.29, 0.717) is 24.4 Å². The first-order chi connectivity index (χ1) is 16.2. The van der Waals surface area contributed by atoms with E-state index in [2.05, 4.69) is 33.0 Å². The molecular formula is C27H51ClN2O3S. The van der Waals surface area contributed by atoms with Crippen molar-refractivity contribution in [2.45, 2.75) is 98.3 Å². The van der Waals surface area contributed by atoms with E-state index >= 15 is 0 Å². The van der Waals surface area contributed by atoms with Crippen LogP contribution in [0.3, 0.4) is 0 Å². The van der Waals surface area contributed by atoms with Crippen LogP contribution in [0.1, 0.15) is 98.3 Å². The Morgan fingerprint density at radius 1 is 0.765 bits per heavy atom. The highest BCUT2D eigenvalue weighted by atomic mass is 35.5. The molecule has 34 heavy (non-hydrogen) atoms. The summed E-state index contributed by atoms with van der Waals surface area (Å²) in [5, 5.41) is 3.81. The third-order valence-corrected chi connectivity index (χ3v) is 7.32. The number of hydrogen-bond acceptors (Lipinski definition) is 4. The second kappa shape index (κ2) is 20.4. The molecule has 0 bridgehead atoms. The average molecular weight is 519 g/mol. The lowest BCUT2D eigenvalue weighted by atomic mass is 10.1. The molecule has 0 saturated carbocycles. The van der Waals surface area contributed by atoms with Gasteiger partial charge in [0.15, 0.2) is 0 Å². The number of anilines is 1. The van der Waals surface area contributed by atoms with E-state index in [1.165, 1.54) is 82.0 Å². The molecule has 0 aliphatic rings. The maximum absolute atomic E-state index is 10.3. The molecule has 0 radical (unpaired) electrons. The quantitative estimate of drug-likeness (QED) is 0.117. The van der Waals surface area contributed by atoms with Crippen LogP contribution < -0.4 is 5.32 Å². The fourth-order valence-electron chi connectivity index (χ4n) is 4.05. The number of para-hydroxylation sites is 1. The highest BCUT2D eigenvalue weighted by Gasteiger charge is 2.24. The van der Waals surface area contributed by atoms with Crippen LogP contribution in [0, 0.1) is 0 Å². The molecule has 0 heterocycles. The minimum Gasteiger partial charge on any atom is -0.748 e. The zero-order valence-corrected chi connectivity index (χ0v) is 23.9. The van der Waals surface area contributed by atoms with E-state index in [1.54, 1.807) is 6.07 Å². The van der Waals surface area contributed by atoms with Crippen LogP contribution in [0.4, 0.5) is 5.69 Å². The Bertz CT molecular complexity index is 676. The molecule has 7 heteroatoms. The number of quaternary nitrogens is 1. The zero-order valence-electron chi connectivity index (χ0n) is 22.3. The van der Waals surface area contributed by atoms with Gasteiger partial charge < -0.3 is 14.4 Å². The van der Waals surface area contributed by atoms with E-state index in [1.807, 2.05) is 18.2 Å². The number of benzene rings is 1. The van der Waals surface area contributed by atoms with Gasteiger partial charge in [-0.25, -0.2) is 8.42 Å². The lowest BCUT2D eigenvalue weighted by Gasteiger charge is -2.39. The molecule has 1 rings (SSSR count). The molecular weight excluding hydrogens is 468 g/mol. The van der Waals surface area contributed by atoms with Crippen molar-refractivity contribution in [1.82, 2.24) is 0 Å². The summed E-state index contributed by atoms with van der Waals surface area (Å²) in [6.45, 7) is 15.7. The smallest absolute Gasteiger partial charge is 0.0945 e. The molecule has 0 spiro atoms. The van der Waals surface area contributed by atoms with Crippen molar-refractivity contribution >= 4 is 27.4 Å². The number of unbranched alkanes of at least 4 members (excludes halogenated alkanes) is 6. The summed E-state index contributed by atoms with van der Waals surface area (Å²) in [5.41, 5.74) is 0.866. The molecule has 0 unspecified atom stereocenters. The minimum absolute atomic E-state index is 0.279. The summed E-state index contributed by atoms with van der Waals surface area (Å²) in [6.07, 6.45) is 13.0. The van der Waals surface area contributed by atoms with Crippen LogP contribution in [-0.4, -0.2) is 55.9 Å². The van der Waals surface area contributed by atoms with Crippen LogP contribution in [0.15, 0.2) is 24.3 Å². The molecule has 0 amide bonds. The number of rotatable bonds is 19. The summed E-state index contributed by atoms with van der Waals surface area (Å²) in [7, 11) is -4.06. The van der Waals surface area contributed by atoms with Crippen molar-refractivity contribution in [3.8, 4) is 0 Å². The van der Waals surface area contributed by atoms with Crippen molar-refractivity contribution < 1.29 is 17.5 Å². The van der Waals surface area contributed by atoms with Crippen LogP contribution in [0.5, 0.6) is 0 Å². The Balaban J connectivity index is 0.000000641. The Labute approximate surface area is 216 Å². The van der Waals surface area contributed by atoms with Gasteiger partial charge in [0, 0.05) is 12.3 Å². The molecule has 200 valence electrons. The van der Waals surface area contributed by atoms with E-state index < -0.39 is 10.1 Å². The SMILES string of the molecule is CCCC[N+](CCCC)(CCCC)CCCC.O=S(=O)([O-])CCCCCNc1ccccc1Cl. The molecule has 0 saturated heterocycles. The molecule has 0 fully saturated rings. The van der Waals surface area contributed by atoms with Gasteiger partial charge in [-0.3, -0.25) is 0 Å². The maximum Gasteiger partial charge on any atom is 0.0945 e. The highest BCUT2D eigenvalue weighted by molar-refractivity contribution is 7.85. The van der Waals surface area contributed by atoms with Gasteiger partial charge in [0.2, 0.25) is 0 Å². The van der Waals surface area contributed by atoms with Crippen LogP contribution in [-0.2, 0) is 10.1 Å². The predicted octanol–water partition coefficient (Wildman–Crippen LogP) is 7.47. The number of nitrogens with zero attached hydrogens (tertiary/aromatic N) is 1. The Morgan fingerprint density at radius 3 is 1.65 bits per heavy atom. The normalized spacial score (nSPS) is 11.7. The second-order valence-corrected chi connectivity index (χ2v) is 11.3. The largest absolute Gasteiger partial charge is 0.748 e. The fraction of sp³-hybridized carbons (Fsp3) is 0.778. The summed E-state index contributed by atoms with van der Waals surface area (Å²) >= 11 is 5.94. The van der Waals surface area contributed by atoms with E-state index in [0.717, 1.165) is 12.1 Å². The van der Waals surface area contributed by atoms with Gasteiger partial charge in [0.1, 0.15) is 0 Å². The number of hydrogen-bond donors (Lipinski definition) is 1. The Kier molecular flexibility index (Phi) is 19.9. The van der Waals surface area contributed by atoms with Gasteiger partial charge >= 0.3 is 0 Å². The molecule has 1 aromatic rings. The molecule has 0 aromatic heterocycles. The number of nitrogens with one attached hydrogen (secondary N) is 1. The molecule has 0 atom stereocenters. The van der Waals surface area contributed by atoms with Gasteiger partial charge in [-0.1, -0.05) is 83.5 Å². The highest BCUT2D eigenvalue weighted by Crippen LogP contribution is 2.20. The van der Waals surface area contributed by atoms with Crippen molar-refractivity contribution in [3.63, 3.8) is 0 Å². The molecule has 1 N–H and O–H groups in total. The topological polar surface area (TPSA) is 69.2 Å². The monoisotopic (exact) mass is 518 g/mol. The molecule has 1 aromatic carbocycles. The molecule has 0 aliphatic heterocycles. The summed E-state index contributed by atoms with van der Waals surface area (Å²) in [6, 6.07) is 7.42. The van der Waals surface area contributed by atoms with E-state index in [9.17, 15) is 13.0 Å². The summed E-state index contributed by atoms with van der Waals surface area (Å²) in [5.74, 6) is -0.279. The Hall–Kier alpha value is -0.820. The van der Waals surface area contributed by atoms with E-state index in [-0.39, 0.29) is 5.75 Å².